The third-order valence-electron chi connectivity index (χ3n) is 1.74. The van der Waals surface area contributed by atoms with Gasteiger partial charge in [-0.05, 0) is 12.8 Å². The number of nitrogens with one attached hydrogen (secondary N) is 1. The Hall–Kier alpha value is -0.570. The molecule has 1 amide bonds. The Kier molecular flexibility index (Phi) is 6.76. The monoisotopic (exact) mass is 172 g/mol. The number of amides is 1. The van der Waals surface area contributed by atoms with Gasteiger partial charge < -0.3 is 10.1 Å². The molecule has 0 spiro atoms. The summed E-state index contributed by atoms with van der Waals surface area (Å²) in [6.45, 7) is 5.17. The summed E-state index contributed by atoms with van der Waals surface area (Å²) in [6.07, 6.45) is 2.75. The van der Waals surface area contributed by atoms with Crippen LogP contribution in [0.3, 0.4) is 0 Å². The number of hydrogen-bond acceptors (Lipinski definition) is 2. The molecular weight excluding hydrogens is 154 g/mol. The highest BCUT2D eigenvalue weighted by molar-refractivity contribution is 5.79. The fourth-order valence-corrected chi connectivity index (χ4v) is 0.740. The molecule has 1 atom stereocenters. The first-order chi connectivity index (χ1) is 5.72. The minimum absolute atomic E-state index is 0.00699. The Morgan fingerprint density at radius 2 is 2.33 bits per heavy atom. The highest BCUT2D eigenvalue weighted by Gasteiger charge is 2.08. The van der Waals surface area contributed by atoms with Gasteiger partial charge in [-0.15, -0.1) is 0 Å². The second-order valence-corrected chi connectivity index (χ2v) is 2.76. The molecule has 0 aromatic rings. The van der Waals surface area contributed by atoms with E-state index in [4.69, 9.17) is 4.74 Å². The van der Waals surface area contributed by atoms with Crippen molar-refractivity contribution in [3.05, 3.63) is 6.42 Å². The molecule has 0 aromatic heterocycles. The minimum atomic E-state index is 0.00699. The highest BCUT2D eigenvalue weighted by atomic mass is 16.5. The number of rotatable bonds is 6. The summed E-state index contributed by atoms with van der Waals surface area (Å²) in [6, 6.07) is 0. The van der Waals surface area contributed by atoms with Crippen LogP contribution in [-0.4, -0.2) is 26.2 Å². The van der Waals surface area contributed by atoms with Gasteiger partial charge in [0.05, 0.1) is 0 Å². The predicted molar refractivity (Wildman–Crippen MR) is 48.6 cm³/mol. The van der Waals surface area contributed by atoms with Crippen molar-refractivity contribution in [2.75, 3.05) is 20.3 Å². The van der Waals surface area contributed by atoms with Gasteiger partial charge in [-0.2, -0.15) is 0 Å². The molecule has 0 fully saturated rings. The molecular formula is C9H18NO2. The molecule has 0 saturated heterocycles. The van der Waals surface area contributed by atoms with Gasteiger partial charge in [0, 0.05) is 26.2 Å². The van der Waals surface area contributed by atoms with Gasteiger partial charge in [0.2, 0.25) is 5.91 Å². The second kappa shape index (κ2) is 7.10. The number of ether oxygens (including phenoxy) is 1. The van der Waals surface area contributed by atoms with Crippen LogP contribution in [0.4, 0.5) is 0 Å². The van der Waals surface area contributed by atoms with Gasteiger partial charge in [-0.3, -0.25) is 4.79 Å². The molecule has 3 heteroatoms. The predicted octanol–water partition coefficient (Wildman–Crippen LogP) is 0.999. The van der Waals surface area contributed by atoms with E-state index in [-0.39, 0.29) is 11.8 Å². The van der Waals surface area contributed by atoms with E-state index in [1.165, 1.54) is 0 Å². The van der Waals surface area contributed by atoms with E-state index in [0.29, 0.717) is 13.2 Å². The van der Waals surface area contributed by atoms with E-state index in [2.05, 4.69) is 5.32 Å². The van der Waals surface area contributed by atoms with E-state index in [1.807, 2.05) is 20.3 Å². The molecule has 1 radical (unpaired) electrons. The van der Waals surface area contributed by atoms with E-state index >= 15 is 0 Å². The quantitative estimate of drug-likeness (QED) is 0.607. The van der Waals surface area contributed by atoms with Crippen molar-refractivity contribution < 1.29 is 9.53 Å². The average Bonchev–Trinajstić information content (AvgIpc) is 2.10. The van der Waals surface area contributed by atoms with Gasteiger partial charge in [0.15, 0.2) is 0 Å². The van der Waals surface area contributed by atoms with Crippen LogP contribution in [-0.2, 0) is 9.53 Å². The maximum absolute atomic E-state index is 11.2. The van der Waals surface area contributed by atoms with Crippen LogP contribution in [0.1, 0.15) is 20.3 Å². The van der Waals surface area contributed by atoms with Crippen molar-refractivity contribution >= 4 is 5.91 Å². The summed E-state index contributed by atoms with van der Waals surface area (Å²) in [5.74, 6) is 0.0983. The third kappa shape index (κ3) is 5.13. The molecule has 0 heterocycles. The van der Waals surface area contributed by atoms with Gasteiger partial charge in [-0.1, -0.05) is 13.8 Å². The second-order valence-electron chi connectivity index (χ2n) is 2.76. The average molecular weight is 172 g/mol. The van der Waals surface area contributed by atoms with Crippen LogP contribution in [0.5, 0.6) is 0 Å². The lowest BCUT2D eigenvalue weighted by Crippen LogP contribution is -2.30. The zero-order valence-electron chi connectivity index (χ0n) is 8.09. The Morgan fingerprint density at radius 3 is 2.83 bits per heavy atom. The lowest BCUT2D eigenvalue weighted by molar-refractivity contribution is -0.123. The zero-order valence-corrected chi connectivity index (χ0v) is 8.09. The lowest BCUT2D eigenvalue weighted by atomic mass is 10.1. The molecule has 0 aromatic carbocycles. The summed E-state index contributed by atoms with van der Waals surface area (Å²) in [4.78, 5) is 11.2. The maximum Gasteiger partial charge on any atom is 0.223 e. The Morgan fingerprint density at radius 1 is 1.67 bits per heavy atom. The van der Waals surface area contributed by atoms with Crippen molar-refractivity contribution in [1.82, 2.24) is 5.32 Å². The van der Waals surface area contributed by atoms with E-state index in [1.54, 1.807) is 7.11 Å². The number of methoxy groups -OCH3 is 1. The van der Waals surface area contributed by atoms with Crippen molar-refractivity contribution in [1.29, 1.82) is 0 Å². The third-order valence-corrected chi connectivity index (χ3v) is 1.74. The normalized spacial score (nSPS) is 12.6. The topological polar surface area (TPSA) is 38.3 Å². The Balaban J connectivity index is 3.31. The Bertz CT molecular complexity index is 126. The van der Waals surface area contributed by atoms with Crippen LogP contribution in [0.15, 0.2) is 0 Å². The largest absolute Gasteiger partial charge is 0.385 e. The van der Waals surface area contributed by atoms with E-state index in [0.717, 1.165) is 6.42 Å². The Labute approximate surface area is 74.5 Å². The van der Waals surface area contributed by atoms with Gasteiger partial charge in [0.25, 0.3) is 0 Å². The minimum Gasteiger partial charge on any atom is -0.385 e. The number of carbonyl (C=O) groups excluding carboxylic acids is 1. The van der Waals surface area contributed by atoms with Crippen LogP contribution in [0.25, 0.3) is 0 Å². The summed E-state index contributed by atoms with van der Waals surface area (Å²) in [5, 5.41) is 2.82. The first kappa shape index (κ1) is 11.4. The van der Waals surface area contributed by atoms with Crippen molar-refractivity contribution in [2.45, 2.75) is 20.3 Å². The zero-order chi connectivity index (χ0) is 9.40. The highest BCUT2D eigenvalue weighted by Crippen LogP contribution is 1.97. The smallest absolute Gasteiger partial charge is 0.223 e. The summed E-state index contributed by atoms with van der Waals surface area (Å²) < 4.78 is 4.85. The van der Waals surface area contributed by atoms with Crippen LogP contribution in [0, 0.1) is 12.3 Å². The standard InChI is InChI=1S/C9H18NO2/c1-4-8(2)9(11)10-6-5-7-12-3/h4,8H,5-7H2,1-3H3,(H,10,11). The summed E-state index contributed by atoms with van der Waals surface area (Å²) in [5.41, 5.74) is 0. The molecule has 3 nitrogen and oxygen atoms in total. The molecule has 1 N–H and O–H groups in total. The van der Waals surface area contributed by atoms with E-state index < -0.39 is 0 Å². The number of hydrogen-bond donors (Lipinski definition) is 1. The molecule has 0 aliphatic heterocycles. The van der Waals surface area contributed by atoms with Gasteiger partial charge in [-0.25, -0.2) is 0 Å². The molecule has 1 unspecified atom stereocenters. The molecule has 0 aliphatic rings. The molecule has 0 bridgehead atoms. The molecule has 12 heavy (non-hydrogen) atoms. The van der Waals surface area contributed by atoms with Crippen molar-refractivity contribution in [3.8, 4) is 0 Å². The van der Waals surface area contributed by atoms with Gasteiger partial charge in [0.1, 0.15) is 0 Å². The first-order valence-corrected chi connectivity index (χ1v) is 4.28. The van der Waals surface area contributed by atoms with Gasteiger partial charge >= 0.3 is 0 Å². The fourth-order valence-electron chi connectivity index (χ4n) is 0.740. The molecule has 71 valence electrons. The van der Waals surface area contributed by atoms with Crippen LogP contribution >= 0.6 is 0 Å². The number of carbonyl (C=O) groups is 1. The summed E-state index contributed by atoms with van der Waals surface area (Å²) in [7, 11) is 1.66. The fraction of sp³-hybridized carbons (Fsp3) is 0.778. The maximum atomic E-state index is 11.2. The van der Waals surface area contributed by atoms with Crippen molar-refractivity contribution in [3.63, 3.8) is 0 Å². The SMILES string of the molecule is C[CH]C(C)C(=O)NCCCOC. The van der Waals surface area contributed by atoms with Crippen LogP contribution < -0.4 is 5.32 Å². The molecule has 0 aliphatic carbocycles. The van der Waals surface area contributed by atoms with E-state index in [9.17, 15) is 4.79 Å². The van der Waals surface area contributed by atoms with Crippen molar-refractivity contribution in [2.24, 2.45) is 5.92 Å². The van der Waals surface area contributed by atoms with Crippen LogP contribution in [0.2, 0.25) is 0 Å². The summed E-state index contributed by atoms with van der Waals surface area (Å²) >= 11 is 0. The molecule has 0 saturated carbocycles. The first-order valence-electron chi connectivity index (χ1n) is 4.28. The lowest BCUT2D eigenvalue weighted by Gasteiger charge is -2.08. The molecule has 0 rings (SSSR count).